The molecule has 2 saturated heterocycles. The van der Waals surface area contributed by atoms with E-state index in [1.54, 1.807) is 11.0 Å². The van der Waals surface area contributed by atoms with E-state index in [4.69, 9.17) is 4.74 Å². The number of morpholine rings is 1. The SMILES string of the molecule is Cc1ccc(F)cc1C(=O)N1CCOC2(CCN(C(=O)C3CC=CC3)CC2)C1. The highest BCUT2D eigenvalue weighted by Crippen LogP contribution is 2.32. The lowest BCUT2D eigenvalue weighted by Crippen LogP contribution is -2.59. The first-order valence-electron chi connectivity index (χ1n) is 10.1. The van der Waals surface area contributed by atoms with E-state index in [9.17, 15) is 14.0 Å². The Morgan fingerprint density at radius 1 is 1.11 bits per heavy atom. The van der Waals surface area contributed by atoms with Gasteiger partial charge in [-0.05, 0) is 50.3 Å². The highest BCUT2D eigenvalue weighted by atomic mass is 19.1. The smallest absolute Gasteiger partial charge is 0.254 e. The fraction of sp³-hybridized carbons (Fsp3) is 0.545. The molecular weight excluding hydrogens is 359 g/mol. The zero-order valence-electron chi connectivity index (χ0n) is 16.3. The first kappa shape index (κ1) is 19.1. The van der Waals surface area contributed by atoms with Crippen LogP contribution in [0.2, 0.25) is 0 Å². The molecule has 0 aromatic heterocycles. The van der Waals surface area contributed by atoms with Crippen molar-refractivity contribution in [2.45, 2.75) is 38.2 Å². The molecule has 0 bridgehead atoms. The van der Waals surface area contributed by atoms with Crippen LogP contribution in [-0.2, 0) is 9.53 Å². The maximum absolute atomic E-state index is 13.6. The zero-order chi connectivity index (χ0) is 19.7. The van der Waals surface area contributed by atoms with Gasteiger partial charge < -0.3 is 14.5 Å². The second-order valence-corrected chi connectivity index (χ2v) is 8.18. The van der Waals surface area contributed by atoms with E-state index in [1.807, 2.05) is 11.8 Å². The van der Waals surface area contributed by atoms with Gasteiger partial charge in [-0.1, -0.05) is 18.2 Å². The van der Waals surface area contributed by atoms with Gasteiger partial charge in [-0.15, -0.1) is 0 Å². The molecule has 0 N–H and O–H groups in total. The van der Waals surface area contributed by atoms with Crippen LogP contribution in [0.1, 0.15) is 41.6 Å². The quantitative estimate of drug-likeness (QED) is 0.735. The summed E-state index contributed by atoms with van der Waals surface area (Å²) in [6.07, 6.45) is 7.29. The van der Waals surface area contributed by atoms with E-state index in [0.717, 1.165) is 31.2 Å². The standard InChI is InChI=1S/C22H27FN2O3/c1-16-6-7-18(23)14-19(16)21(27)25-12-13-28-22(15-25)8-10-24(11-9-22)20(26)17-4-2-3-5-17/h2-3,6-7,14,17H,4-5,8-13,15H2,1H3. The average Bonchev–Trinajstić information content (AvgIpc) is 3.24. The largest absolute Gasteiger partial charge is 0.371 e. The first-order valence-corrected chi connectivity index (χ1v) is 10.1. The fourth-order valence-corrected chi connectivity index (χ4v) is 4.53. The molecule has 150 valence electrons. The Morgan fingerprint density at radius 3 is 2.54 bits per heavy atom. The number of benzene rings is 1. The Balaban J connectivity index is 1.40. The summed E-state index contributed by atoms with van der Waals surface area (Å²) in [4.78, 5) is 29.4. The Morgan fingerprint density at radius 2 is 1.82 bits per heavy atom. The number of nitrogens with zero attached hydrogens (tertiary/aromatic N) is 2. The van der Waals surface area contributed by atoms with Gasteiger partial charge in [-0.3, -0.25) is 9.59 Å². The van der Waals surface area contributed by atoms with Crippen LogP contribution in [-0.4, -0.2) is 60.0 Å². The molecular formula is C22H27FN2O3. The molecule has 28 heavy (non-hydrogen) atoms. The van der Waals surface area contributed by atoms with E-state index in [-0.39, 0.29) is 17.7 Å². The monoisotopic (exact) mass is 386 g/mol. The fourth-order valence-electron chi connectivity index (χ4n) is 4.53. The van der Waals surface area contributed by atoms with E-state index in [1.165, 1.54) is 12.1 Å². The molecule has 6 heteroatoms. The third kappa shape index (κ3) is 3.70. The Hall–Kier alpha value is -2.21. The molecule has 2 heterocycles. The Labute approximate surface area is 165 Å². The molecule has 0 radical (unpaired) electrons. The van der Waals surface area contributed by atoms with Crippen LogP contribution in [0.4, 0.5) is 4.39 Å². The molecule has 1 spiro atoms. The number of aryl methyl sites for hydroxylation is 1. The van der Waals surface area contributed by atoms with Gasteiger partial charge in [-0.25, -0.2) is 4.39 Å². The molecule has 1 aromatic carbocycles. The molecule has 2 aliphatic heterocycles. The summed E-state index contributed by atoms with van der Waals surface area (Å²) in [6.45, 7) is 4.62. The second kappa shape index (κ2) is 7.66. The number of allylic oxidation sites excluding steroid dienone is 2. The minimum absolute atomic E-state index is 0.0929. The second-order valence-electron chi connectivity index (χ2n) is 8.18. The summed E-state index contributed by atoms with van der Waals surface area (Å²) < 4.78 is 19.7. The summed E-state index contributed by atoms with van der Waals surface area (Å²) >= 11 is 0. The lowest BCUT2D eigenvalue weighted by molar-refractivity contribution is -0.149. The number of hydrogen-bond donors (Lipinski definition) is 0. The van der Waals surface area contributed by atoms with E-state index >= 15 is 0 Å². The van der Waals surface area contributed by atoms with E-state index in [0.29, 0.717) is 38.3 Å². The third-order valence-corrected chi connectivity index (χ3v) is 6.31. The molecule has 3 aliphatic rings. The van der Waals surface area contributed by atoms with Crippen LogP contribution >= 0.6 is 0 Å². The van der Waals surface area contributed by atoms with Crippen LogP contribution in [0.3, 0.4) is 0 Å². The van der Waals surface area contributed by atoms with Crippen LogP contribution in [0.5, 0.6) is 0 Å². The van der Waals surface area contributed by atoms with Crippen LogP contribution < -0.4 is 0 Å². The van der Waals surface area contributed by atoms with Gasteiger partial charge in [0, 0.05) is 31.1 Å². The predicted octanol–water partition coefficient (Wildman–Crippen LogP) is 2.93. The van der Waals surface area contributed by atoms with Crippen molar-refractivity contribution in [3.8, 4) is 0 Å². The third-order valence-electron chi connectivity index (χ3n) is 6.31. The summed E-state index contributed by atoms with van der Waals surface area (Å²) in [5, 5.41) is 0. The van der Waals surface area contributed by atoms with Gasteiger partial charge in [-0.2, -0.15) is 0 Å². The number of rotatable bonds is 2. The van der Waals surface area contributed by atoms with Crippen LogP contribution in [0.15, 0.2) is 30.4 Å². The van der Waals surface area contributed by atoms with Gasteiger partial charge in [0.25, 0.3) is 5.91 Å². The van der Waals surface area contributed by atoms with Gasteiger partial charge in [0.1, 0.15) is 5.82 Å². The molecule has 0 atom stereocenters. The molecule has 4 rings (SSSR count). The van der Waals surface area contributed by atoms with Crippen molar-refractivity contribution in [2.24, 2.45) is 5.92 Å². The number of hydrogen-bond acceptors (Lipinski definition) is 3. The molecule has 0 saturated carbocycles. The molecule has 0 unspecified atom stereocenters. The highest BCUT2D eigenvalue weighted by molar-refractivity contribution is 5.95. The number of likely N-dealkylation sites (tertiary alicyclic amines) is 1. The number of piperidine rings is 1. The zero-order valence-corrected chi connectivity index (χ0v) is 16.3. The van der Waals surface area contributed by atoms with Crippen molar-refractivity contribution in [1.29, 1.82) is 0 Å². The predicted molar refractivity (Wildman–Crippen MR) is 103 cm³/mol. The van der Waals surface area contributed by atoms with Gasteiger partial charge >= 0.3 is 0 Å². The topological polar surface area (TPSA) is 49.9 Å². The summed E-state index contributed by atoms with van der Waals surface area (Å²) in [5.41, 5.74) is 0.788. The average molecular weight is 386 g/mol. The lowest BCUT2D eigenvalue weighted by Gasteiger charge is -2.47. The van der Waals surface area contributed by atoms with Crippen molar-refractivity contribution >= 4 is 11.8 Å². The maximum atomic E-state index is 13.6. The lowest BCUT2D eigenvalue weighted by atomic mass is 9.88. The maximum Gasteiger partial charge on any atom is 0.254 e. The van der Waals surface area contributed by atoms with E-state index < -0.39 is 11.4 Å². The van der Waals surface area contributed by atoms with Gasteiger partial charge in [0.05, 0.1) is 18.8 Å². The number of amides is 2. The van der Waals surface area contributed by atoms with Crippen molar-refractivity contribution in [3.63, 3.8) is 0 Å². The first-order chi connectivity index (χ1) is 13.5. The minimum Gasteiger partial charge on any atom is -0.371 e. The summed E-state index contributed by atoms with van der Waals surface area (Å²) in [6, 6.07) is 4.33. The number of carbonyl (C=O) groups is 2. The van der Waals surface area contributed by atoms with Crippen LogP contribution in [0, 0.1) is 18.7 Å². The minimum atomic E-state index is -0.403. The van der Waals surface area contributed by atoms with Gasteiger partial charge in [0.15, 0.2) is 0 Å². The molecule has 1 aliphatic carbocycles. The van der Waals surface area contributed by atoms with Crippen LogP contribution in [0.25, 0.3) is 0 Å². The Kier molecular flexibility index (Phi) is 5.23. The summed E-state index contributed by atoms with van der Waals surface area (Å²) in [7, 11) is 0. The highest BCUT2D eigenvalue weighted by Gasteiger charge is 2.42. The Bertz CT molecular complexity index is 791. The molecule has 5 nitrogen and oxygen atoms in total. The molecule has 2 amide bonds. The number of halogens is 1. The van der Waals surface area contributed by atoms with Crippen molar-refractivity contribution < 1.29 is 18.7 Å². The molecule has 2 fully saturated rings. The van der Waals surface area contributed by atoms with Crippen molar-refractivity contribution in [1.82, 2.24) is 9.80 Å². The van der Waals surface area contributed by atoms with Crippen molar-refractivity contribution in [2.75, 3.05) is 32.8 Å². The normalized spacial score (nSPS) is 22.1. The summed E-state index contributed by atoms with van der Waals surface area (Å²) in [5.74, 6) is -0.213. The van der Waals surface area contributed by atoms with Gasteiger partial charge in [0.2, 0.25) is 5.91 Å². The van der Waals surface area contributed by atoms with Crippen molar-refractivity contribution in [3.05, 3.63) is 47.3 Å². The number of carbonyl (C=O) groups excluding carboxylic acids is 2. The van der Waals surface area contributed by atoms with E-state index in [2.05, 4.69) is 12.2 Å². The number of ether oxygens (including phenoxy) is 1. The molecule has 1 aromatic rings.